The Morgan fingerprint density at radius 3 is 2.47 bits per heavy atom. The van der Waals surface area contributed by atoms with Crippen LogP contribution in [0.25, 0.3) is 10.9 Å². The summed E-state index contributed by atoms with van der Waals surface area (Å²) in [5.74, 6) is 0.855. The molecule has 0 aliphatic rings. The molecule has 4 nitrogen and oxygen atoms in total. The van der Waals surface area contributed by atoms with Crippen molar-refractivity contribution in [3.63, 3.8) is 0 Å². The third-order valence-electron chi connectivity index (χ3n) is 6.14. The van der Waals surface area contributed by atoms with Gasteiger partial charge in [0.2, 0.25) is 0 Å². The van der Waals surface area contributed by atoms with Crippen molar-refractivity contribution in [3.05, 3.63) is 66.4 Å². The molecule has 0 spiro atoms. The molecule has 162 valence electrons. The maximum Gasteiger partial charge on any atom is 0.192 e. The van der Waals surface area contributed by atoms with Crippen LogP contribution < -0.4 is 4.74 Å². The molecule has 3 rings (SSSR count). The van der Waals surface area contributed by atoms with Crippen molar-refractivity contribution < 1.29 is 14.3 Å². The van der Waals surface area contributed by atoms with Crippen LogP contribution in [0.5, 0.6) is 5.75 Å². The predicted octanol–water partition coefficient (Wildman–Crippen LogP) is 5.99. The molecule has 0 aliphatic heterocycles. The molecule has 0 saturated heterocycles. The van der Waals surface area contributed by atoms with Gasteiger partial charge in [-0.1, -0.05) is 51.1 Å². The molecule has 1 aromatic heterocycles. The molecule has 0 amide bonds. The minimum atomic E-state index is -1.83. The fraction of sp³-hybridized carbons (Fsp3) is 0.440. The normalized spacial score (nSPS) is 13.5. The van der Waals surface area contributed by atoms with Gasteiger partial charge in [-0.25, -0.2) is 0 Å². The van der Waals surface area contributed by atoms with Gasteiger partial charge in [0, 0.05) is 18.8 Å². The van der Waals surface area contributed by atoms with E-state index >= 15 is 0 Å². The monoisotopic (exact) mass is 425 g/mol. The molecule has 1 N–H and O–H groups in total. The number of benzene rings is 2. The fourth-order valence-corrected chi connectivity index (χ4v) is 4.12. The van der Waals surface area contributed by atoms with Crippen LogP contribution in [0, 0.1) is 0 Å². The topological polar surface area (TPSA) is 43.6 Å². The summed E-state index contributed by atoms with van der Waals surface area (Å²) < 4.78 is 14.3. The van der Waals surface area contributed by atoms with E-state index < -0.39 is 14.4 Å². The molecular formula is C25H35NO3Si. The molecule has 1 heterocycles. The number of ether oxygens (including phenoxy) is 1. The quantitative estimate of drug-likeness (QED) is 0.428. The first-order valence-corrected chi connectivity index (χ1v) is 13.6. The van der Waals surface area contributed by atoms with Crippen LogP contribution >= 0.6 is 0 Å². The van der Waals surface area contributed by atoms with Gasteiger partial charge in [0.1, 0.15) is 12.4 Å². The largest absolute Gasteiger partial charge is 0.489 e. The second-order valence-corrected chi connectivity index (χ2v) is 14.3. The molecule has 0 saturated carbocycles. The Kier molecular flexibility index (Phi) is 7.06. The molecule has 2 aromatic carbocycles. The molecule has 0 bridgehead atoms. The fourth-order valence-electron chi connectivity index (χ4n) is 3.08. The highest BCUT2D eigenvalue weighted by Gasteiger charge is 2.37. The Balaban J connectivity index is 1.58. The van der Waals surface area contributed by atoms with Crippen LogP contribution in [-0.2, 0) is 17.6 Å². The molecule has 5 heteroatoms. The van der Waals surface area contributed by atoms with Gasteiger partial charge < -0.3 is 18.8 Å². The predicted molar refractivity (Wildman–Crippen MR) is 126 cm³/mol. The number of nitrogens with zero attached hydrogens (tertiary/aromatic N) is 1. The van der Waals surface area contributed by atoms with E-state index in [1.807, 2.05) is 24.3 Å². The second kappa shape index (κ2) is 9.37. The van der Waals surface area contributed by atoms with Gasteiger partial charge in [-0.2, -0.15) is 0 Å². The summed E-state index contributed by atoms with van der Waals surface area (Å²) in [6.45, 7) is 12.8. The van der Waals surface area contributed by atoms with Gasteiger partial charge in [0.15, 0.2) is 8.32 Å². The van der Waals surface area contributed by atoms with Gasteiger partial charge in [-0.15, -0.1) is 0 Å². The summed E-state index contributed by atoms with van der Waals surface area (Å²) in [6, 6.07) is 18.5. The highest BCUT2D eigenvalue weighted by molar-refractivity contribution is 6.74. The number of hydrogen-bond donors (Lipinski definition) is 1. The number of aliphatic hydroxyl groups excluding tert-OH is 1. The molecule has 0 fully saturated rings. The highest BCUT2D eigenvalue weighted by atomic mass is 28.4. The minimum Gasteiger partial charge on any atom is -0.489 e. The van der Waals surface area contributed by atoms with Crippen molar-refractivity contribution in [1.29, 1.82) is 0 Å². The van der Waals surface area contributed by atoms with Crippen LogP contribution in [0.3, 0.4) is 0 Å². The number of rotatable bonds is 9. The van der Waals surface area contributed by atoms with Gasteiger partial charge in [-0.05, 0) is 53.7 Å². The molecule has 1 unspecified atom stereocenters. The number of aromatic nitrogens is 1. The molecule has 0 radical (unpaired) electrons. The van der Waals surface area contributed by atoms with E-state index in [1.54, 1.807) is 0 Å². The molecule has 3 aromatic rings. The Labute approximate surface area is 181 Å². The number of aryl methyl sites for hydroxylation is 1. The first-order chi connectivity index (χ1) is 14.2. The van der Waals surface area contributed by atoms with E-state index in [4.69, 9.17) is 9.16 Å². The minimum absolute atomic E-state index is 0.152. The lowest BCUT2D eigenvalue weighted by molar-refractivity contribution is 0.0895. The lowest BCUT2D eigenvalue weighted by atomic mass is 10.2. The average Bonchev–Trinajstić information content (AvgIpc) is 3.11. The first kappa shape index (κ1) is 22.6. The summed E-state index contributed by atoms with van der Waals surface area (Å²) in [7, 11) is -1.83. The number of fused-ring (bicyclic) bond motifs is 1. The zero-order valence-corrected chi connectivity index (χ0v) is 19.9. The van der Waals surface area contributed by atoms with Crippen molar-refractivity contribution >= 4 is 19.2 Å². The highest BCUT2D eigenvalue weighted by Crippen LogP contribution is 2.36. The number of hydrogen-bond acceptors (Lipinski definition) is 3. The van der Waals surface area contributed by atoms with Crippen LogP contribution in [0.2, 0.25) is 18.1 Å². The Bertz CT molecular complexity index is 944. The van der Waals surface area contributed by atoms with E-state index in [2.05, 4.69) is 75.0 Å². The standard InChI is InChI=1S/C25H35NO3Si/c1-25(2,3)30(4,5)29-19-22(27)14-16-26-15-13-21-11-12-23(17-24(21)26)28-18-20-9-7-6-8-10-20/h6-13,15,17,22,27H,14,16,18-19H2,1-5H3. The van der Waals surface area contributed by atoms with E-state index in [9.17, 15) is 5.11 Å². The molecule has 0 aliphatic carbocycles. The first-order valence-electron chi connectivity index (χ1n) is 10.7. The van der Waals surface area contributed by atoms with Crippen molar-refractivity contribution in [2.24, 2.45) is 0 Å². The van der Waals surface area contributed by atoms with Crippen LogP contribution in [0.1, 0.15) is 32.8 Å². The zero-order valence-electron chi connectivity index (χ0n) is 18.9. The van der Waals surface area contributed by atoms with Crippen LogP contribution in [0.15, 0.2) is 60.8 Å². The van der Waals surface area contributed by atoms with Crippen molar-refractivity contribution in [2.45, 2.75) is 64.6 Å². The Morgan fingerprint density at radius 1 is 1.03 bits per heavy atom. The zero-order chi connectivity index (χ0) is 21.8. The maximum absolute atomic E-state index is 10.5. The third-order valence-corrected chi connectivity index (χ3v) is 10.6. The van der Waals surface area contributed by atoms with Gasteiger partial charge in [0.05, 0.1) is 18.2 Å². The van der Waals surface area contributed by atoms with Crippen molar-refractivity contribution in [3.8, 4) is 5.75 Å². The van der Waals surface area contributed by atoms with Gasteiger partial charge in [0.25, 0.3) is 0 Å². The lowest BCUT2D eigenvalue weighted by Gasteiger charge is -2.36. The van der Waals surface area contributed by atoms with Crippen LogP contribution in [-0.4, -0.2) is 30.7 Å². The average molecular weight is 426 g/mol. The summed E-state index contributed by atoms with van der Waals surface area (Å²) in [4.78, 5) is 0. The summed E-state index contributed by atoms with van der Waals surface area (Å²) >= 11 is 0. The van der Waals surface area contributed by atoms with Gasteiger partial charge in [-0.3, -0.25) is 0 Å². The van der Waals surface area contributed by atoms with E-state index in [0.717, 1.165) is 23.4 Å². The van der Waals surface area contributed by atoms with Gasteiger partial charge >= 0.3 is 0 Å². The lowest BCUT2D eigenvalue weighted by Crippen LogP contribution is -2.42. The molecular weight excluding hydrogens is 390 g/mol. The third kappa shape index (κ3) is 5.75. The smallest absolute Gasteiger partial charge is 0.192 e. The van der Waals surface area contributed by atoms with E-state index in [-0.39, 0.29) is 5.04 Å². The molecule has 30 heavy (non-hydrogen) atoms. The van der Waals surface area contributed by atoms with Crippen LogP contribution in [0.4, 0.5) is 0 Å². The maximum atomic E-state index is 10.5. The van der Waals surface area contributed by atoms with E-state index in [1.165, 1.54) is 5.39 Å². The van der Waals surface area contributed by atoms with Crippen molar-refractivity contribution in [1.82, 2.24) is 4.57 Å². The van der Waals surface area contributed by atoms with Crippen molar-refractivity contribution in [2.75, 3.05) is 6.61 Å². The van der Waals surface area contributed by atoms with E-state index in [0.29, 0.717) is 19.6 Å². The Morgan fingerprint density at radius 2 is 1.77 bits per heavy atom. The summed E-state index contributed by atoms with van der Waals surface area (Å²) in [5, 5.41) is 11.8. The molecule has 1 atom stereocenters. The SMILES string of the molecule is CC(C)(C)[Si](C)(C)OCC(O)CCn1ccc2ccc(OCc3ccccc3)cc21. The summed E-state index contributed by atoms with van der Waals surface area (Å²) in [5.41, 5.74) is 2.27. The number of aliphatic hydroxyl groups is 1. The second-order valence-electron chi connectivity index (χ2n) is 9.52. The summed E-state index contributed by atoms with van der Waals surface area (Å²) in [6.07, 6.45) is 2.27. The Hall–Kier alpha value is -2.08.